The molecule has 1 aliphatic rings. The van der Waals surface area contributed by atoms with E-state index in [-0.39, 0.29) is 5.91 Å². The quantitative estimate of drug-likeness (QED) is 0.493. The van der Waals surface area contributed by atoms with Crippen molar-refractivity contribution in [3.05, 3.63) is 70.1 Å². The summed E-state index contributed by atoms with van der Waals surface area (Å²) in [5, 5.41) is 5.46. The van der Waals surface area contributed by atoms with Crippen LogP contribution in [0.1, 0.15) is 15.2 Å². The minimum Gasteiger partial charge on any atom is -0.378 e. The second kappa shape index (κ2) is 9.17. The molecule has 3 aromatic rings. The zero-order valence-corrected chi connectivity index (χ0v) is 17.1. The van der Waals surface area contributed by atoms with Gasteiger partial charge in [-0.05, 0) is 12.1 Å². The SMILES string of the molecule is O=C(N/N=C\c1sc(N2CCOCC2)nc1-c1ccccc1)c1ccccc1Cl. The van der Waals surface area contributed by atoms with Crippen molar-refractivity contribution >= 4 is 40.2 Å². The van der Waals surface area contributed by atoms with E-state index in [0.29, 0.717) is 23.8 Å². The summed E-state index contributed by atoms with van der Waals surface area (Å²) in [4.78, 5) is 20.2. The highest BCUT2D eigenvalue weighted by molar-refractivity contribution is 7.17. The molecule has 1 saturated heterocycles. The molecule has 0 radical (unpaired) electrons. The molecule has 0 atom stereocenters. The van der Waals surface area contributed by atoms with Crippen LogP contribution in [0.4, 0.5) is 5.13 Å². The van der Waals surface area contributed by atoms with E-state index in [4.69, 9.17) is 21.3 Å². The van der Waals surface area contributed by atoms with Crippen LogP contribution in [0.3, 0.4) is 0 Å². The second-order valence-electron chi connectivity index (χ2n) is 6.35. The average Bonchev–Trinajstić information content (AvgIpc) is 3.19. The van der Waals surface area contributed by atoms with Crippen LogP contribution >= 0.6 is 22.9 Å². The predicted molar refractivity (Wildman–Crippen MR) is 117 cm³/mol. The van der Waals surface area contributed by atoms with Gasteiger partial charge in [-0.2, -0.15) is 5.10 Å². The van der Waals surface area contributed by atoms with Crippen molar-refractivity contribution in [2.45, 2.75) is 0 Å². The first-order valence-electron chi connectivity index (χ1n) is 9.19. The molecule has 1 N–H and O–H groups in total. The molecule has 8 heteroatoms. The number of hydrogen-bond donors (Lipinski definition) is 1. The lowest BCUT2D eigenvalue weighted by Gasteiger charge is -2.26. The Morgan fingerprint density at radius 3 is 2.62 bits per heavy atom. The number of rotatable bonds is 5. The molecule has 148 valence electrons. The fourth-order valence-corrected chi connectivity index (χ4v) is 4.19. The van der Waals surface area contributed by atoms with Crippen molar-refractivity contribution in [3.8, 4) is 11.3 Å². The van der Waals surface area contributed by atoms with Crippen LogP contribution in [0.5, 0.6) is 0 Å². The number of ether oxygens (including phenoxy) is 1. The standard InChI is InChI=1S/C21H19ClN4O2S/c22-17-9-5-4-8-16(17)20(27)25-23-14-18-19(15-6-2-1-3-7-15)24-21(29-18)26-10-12-28-13-11-26/h1-9,14H,10-13H2,(H,25,27)/b23-14-. The molecular formula is C21H19ClN4O2S. The van der Waals surface area contributed by atoms with Gasteiger partial charge < -0.3 is 9.64 Å². The number of benzene rings is 2. The molecule has 2 heterocycles. The number of nitrogens with one attached hydrogen (secondary N) is 1. The third-order valence-corrected chi connectivity index (χ3v) is 5.82. The summed E-state index contributed by atoms with van der Waals surface area (Å²) < 4.78 is 5.44. The van der Waals surface area contributed by atoms with E-state index in [1.807, 2.05) is 30.3 Å². The largest absolute Gasteiger partial charge is 0.378 e. The number of thiazole rings is 1. The number of halogens is 1. The molecule has 0 bridgehead atoms. The summed E-state index contributed by atoms with van der Waals surface area (Å²) in [6, 6.07) is 16.8. The average molecular weight is 427 g/mol. The lowest BCUT2D eigenvalue weighted by Crippen LogP contribution is -2.36. The second-order valence-corrected chi connectivity index (χ2v) is 7.77. The first kappa shape index (κ1) is 19.6. The smallest absolute Gasteiger partial charge is 0.272 e. The normalized spacial score (nSPS) is 14.3. The van der Waals surface area contributed by atoms with Crippen LogP contribution in [0, 0.1) is 0 Å². The zero-order chi connectivity index (χ0) is 20.1. The van der Waals surface area contributed by atoms with E-state index in [2.05, 4.69) is 15.4 Å². The first-order chi connectivity index (χ1) is 14.2. The molecule has 0 unspecified atom stereocenters. The maximum Gasteiger partial charge on any atom is 0.272 e. The monoisotopic (exact) mass is 426 g/mol. The predicted octanol–water partition coefficient (Wildman–Crippen LogP) is 4.06. The van der Waals surface area contributed by atoms with E-state index in [1.54, 1.807) is 41.8 Å². The van der Waals surface area contributed by atoms with Crippen LogP contribution in [0.2, 0.25) is 5.02 Å². The molecule has 4 rings (SSSR count). The molecule has 0 aliphatic carbocycles. The molecule has 1 aromatic heterocycles. The molecular weight excluding hydrogens is 408 g/mol. The molecule has 0 spiro atoms. The number of hydrogen-bond acceptors (Lipinski definition) is 6. The maximum absolute atomic E-state index is 12.3. The lowest BCUT2D eigenvalue weighted by atomic mass is 10.1. The molecule has 2 aromatic carbocycles. The van der Waals surface area contributed by atoms with Crippen LogP contribution in [-0.2, 0) is 4.74 Å². The van der Waals surface area contributed by atoms with Crippen LogP contribution in [0.25, 0.3) is 11.3 Å². The maximum atomic E-state index is 12.3. The van der Waals surface area contributed by atoms with E-state index < -0.39 is 0 Å². The van der Waals surface area contributed by atoms with Gasteiger partial charge in [0.1, 0.15) is 0 Å². The van der Waals surface area contributed by atoms with Gasteiger partial charge in [-0.15, -0.1) is 0 Å². The van der Waals surface area contributed by atoms with Crippen LogP contribution in [-0.4, -0.2) is 43.4 Å². The van der Waals surface area contributed by atoms with E-state index in [0.717, 1.165) is 34.4 Å². The minimum atomic E-state index is -0.356. The summed E-state index contributed by atoms with van der Waals surface area (Å²) in [6.07, 6.45) is 1.64. The van der Waals surface area contributed by atoms with Gasteiger partial charge in [-0.25, -0.2) is 10.4 Å². The van der Waals surface area contributed by atoms with Gasteiger partial charge in [0.05, 0.1) is 40.6 Å². The highest BCUT2D eigenvalue weighted by atomic mass is 35.5. The van der Waals surface area contributed by atoms with Gasteiger partial charge in [0.2, 0.25) is 0 Å². The lowest BCUT2D eigenvalue weighted by molar-refractivity contribution is 0.0955. The summed E-state index contributed by atoms with van der Waals surface area (Å²) >= 11 is 7.62. The number of amides is 1. The Morgan fingerprint density at radius 1 is 1.14 bits per heavy atom. The van der Waals surface area contributed by atoms with Gasteiger partial charge in [-0.3, -0.25) is 4.79 Å². The molecule has 1 fully saturated rings. The summed E-state index contributed by atoms with van der Waals surface area (Å²) in [6.45, 7) is 3.00. The Morgan fingerprint density at radius 2 is 1.86 bits per heavy atom. The number of morpholine rings is 1. The Balaban J connectivity index is 1.58. The van der Waals surface area contributed by atoms with Crippen LogP contribution < -0.4 is 10.3 Å². The van der Waals surface area contributed by atoms with Gasteiger partial charge >= 0.3 is 0 Å². The van der Waals surface area contributed by atoms with Crippen molar-refractivity contribution in [2.75, 3.05) is 31.2 Å². The number of hydrazone groups is 1. The van der Waals surface area contributed by atoms with Gasteiger partial charge in [0.25, 0.3) is 5.91 Å². The number of nitrogens with zero attached hydrogens (tertiary/aromatic N) is 3. The highest BCUT2D eigenvalue weighted by Crippen LogP contribution is 2.32. The Labute approximate surface area is 177 Å². The third kappa shape index (κ3) is 4.64. The Bertz CT molecular complexity index is 1020. The van der Waals surface area contributed by atoms with Crippen LogP contribution in [0.15, 0.2) is 59.7 Å². The van der Waals surface area contributed by atoms with Crippen molar-refractivity contribution < 1.29 is 9.53 Å². The summed E-state index contributed by atoms with van der Waals surface area (Å²) in [7, 11) is 0. The molecule has 6 nitrogen and oxygen atoms in total. The fraction of sp³-hybridized carbons (Fsp3) is 0.190. The zero-order valence-electron chi connectivity index (χ0n) is 15.5. The van der Waals surface area contributed by atoms with Crippen molar-refractivity contribution in [1.29, 1.82) is 0 Å². The van der Waals surface area contributed by atoms with Crippen molar-refractivity contribution in [3.63, 3.8) is 0 Å². The highest BCUT2D eigenvalue weighted by Gasteiger charge is 2.19. The molecule has 1 aliphatic heterocycles. The topological polar surface area (TPSA) is 66.8 Å². The van der Waals surface area contributed by atoms with Crippen molar-refractivity contribution in [2.24, 2.45) is 5.10 Å². The summed E-state index contributed by atoms with van der Waals surface area (Å²) in [5.74, 6) is -0.356. The summed E-state index contributed by atoms with van der Waals surface area (Å²) in [5.41, 5.74) is 4.77. The number of carbonyl (C=O) groups excluding carboxylic acids is 1. The number of carbonyl (C=O) groups is 1. The Kier molecular flexibility index (Phi) is 6.19. The van der Waals surface area contributed by atoms with E-state index >= 15 is 0 Å². The van der Waals surface area contributed by atoms with E-state index in [1.165, 1.54) is 0 Å². The number of anilines is 1. The van der Waals surface area contributed by atoms with Gasteiger partial charge in [-0.1, -0.05) is 65.4 Å². The first-order valence-corrected chi connectivity index (χ1v) is 10.4. The fourth-order valence-electron chi connectivity index (χ4n) is 2.96. The minimum absolute atomic E-state index is 0.356. The third-order valence-electron chi connectivity index (χ3n) is 4.44. The molecule has 1 amide bonds. The number of aromatic nitrogens is 1. The van der Waals surface area contributed by atoms with Gasteiger partial charge in [0.15, 0.2) is 5.13 Å². The van der Waals surface area contributed by atoms with Crippen molar-refractivity contribution in [1.82, 2.24) is 10.4 Å². The van der Waals surface area contributed by atoms with Gasteiger partial charge in [0, 0.05) is 18.7 Å². The molecule has 0 saturated carbocycles. The Hall–Kier alpha value is -2.74. The van der Waals surface area contributed by atoms with E-state index in [9.17, 15) is 4.79 Å². The molecule has 29 heavy (non-hydrogen) atoms.